The molecule has 1 aliphatic rings. The molecule has 1 saturated heterocycles. The van der Waals surface area contributed by atoms with Crippen molar-refractivity contribution in [3.05, 3.63) is 29.3 Å². The summed E-state index contributed by atoms with van der Waals surface area (Å²) in [6.07, 6.45) is 0.647. The van der Waals surface area contributed by atoms with Gasteiger partial charge in [-0.15, -0.1) is 11.3 Å². The first-order valence-corrected chi connectivity index (χ1v) is 11.1. The maximum absolute atomic E-state index is 12.0. The van der Waals surface area contributed by atoms with Crippen LogP contribution in [-0.4, -0.2) is 45.1 Å². The van der Waals surface area contributed by atoms with Crippen LogP contribution in [0, 0.1) is 5.92 Å². The van der Waals surface area contributed by atoms with E-state index in [1.54, 1.807) is 14.2 Å². The van der Waals surface area contributed by atoms with E-state index >= 15 is 0 Å². The van der Waals surface area contributed by atoms with E-state index in [2.05, 4.69) is 4.98 Å². The van der Waals surface area contributed by atoms with Gasteiger partial charge in [-0.2, -0.15) is 0 Å². The maximum Gasteiger partial charge on any atom is 0.306 e. The number of methoxy groups -OCH3 is 2. The summed E-state index contributed by atoms with van der Waals surface area (Å²) in [5, 5.41) is 2.56. The first-order valence-electron chi connectivity index (χ1n) is 8.43. The number of carbonyl (C=O) groups is 1. The first-order chi connectivity index (χ1) is 12.9. The van der Waals surface area contributed by atoms with E-state index in [1.165, 1.54) is 11.3 Å². The lowest BCUT2D eigenvalue weighted by atomic mass is 10.1. The largest absolute Gasteiger partial charge is 0.493 e. The predicted molar refractivity (Wildman–Crippen MR) is 102 cm³/mol. The van der Waals surface area contributed by atoms with Crippen LogP contribution in [0.25, 0.3) is 10.6 Å². The van der Waals surface area contributed by atoms with Crippen LogP contribution in [0.15, 0.2) is 23.6 Å². The number of nitrogens with zero attached hydrogens (tertiary/aromatic N) is 1. The minimum atomic E-state index is -2.99. The number of carbonyl (C=O) groups excluding carboxylic acids is 1. The maximum atomic E-state index is 12.0. The van der Waals surface area contributed by atoms with Gasteiger partial charge in [-0.25, -0.2) is 13.4 Å². The second kappa shape index (κ2) is 8.26. The molecule has 9 heteroatoms. The van der Waals surface area contributed by atoms with Gasteiger partial charge in [0.05, 0.1) is 37.0 Å². The molecule has 1 fully saturated rings. The zero-order chi connectivity index (χ0) is 19.4. The normalized spacial score (nSPS) is 18.2. The van der Waals surface area contributed by atoms with Gasteiger partial charge in [0.15, 0.2) is 21.3 Å². The van der Waals surface area contributed by atoms with Crippen molar-refractivity contribution in [2.24, 2.45) is 5.92 Å². The molecule has 2 heterocycles. The number of para-hydroxylation sites is 1. The first kappa shape index (κ1) is 19.6. The Bertz CT molecular complexity index is 922. The van der Waals surface area contributed by atoms with E-state index < -0.39 is 15.8 Å². The van der Waals surface area contributed by atoms with E-state index in [0.717, 1.165) is 10.6 Å². The van der Waals surface area contributed by atoms with Crippen LogP contribution >= 0.6 is 11.3 Å². The van der Waals surface area contributed by atoms with Crippen molar-refractivity contribution in [2.75, 3.05) is 25.7 Å². The lowest BCUT2D eigenvalue weighted by Crippen LogP contribution is -2.13. The molecule has 0 spiro atoms. The highest BCUT2D eigenvalue weighted by Gasteiger charge is 2.29. The minimum Gasteiger partial charge on any atom is -0.493 e. The molecule has 1 aromatic carbocycles. The fraction of sp³-hybridized carbons (Fsp3) is 0.444. The van der Waals surface area contributed by atoms with Crippen LogP contribution in [0.5, 0.6) is 11.5 Å². The highest BCUT2D eigenvalue weighted by Crippen LogP contribution is 2.39. The summed E-state index contributed by atoms with van der Waals surface area (Å²) in [6.45, 7) is 0.0566. The van der Waals surface area contributed by atoms with Crippen LogP contribution in [-0.2, 0) is 26.0 Å². The Balaban J connectivity index is 1.61. The van der Waals surface area contributed by atoms with E-state index in [0.29, 0.717) is 23.6 Å². The van der Waals surface area contributed by atoms with Crippen LogP contribution in [0.3, 0.4) is 0 Å². The Labute approximate surface area is 162 Å². The van der Waals surface area contributed by atoms with Crippen molar-refractivity contribution in [3.8, 4) is 22.1 Å². The SMILES string of the molecule is COc1cccc(-c2nc(COC(=O)CC3CCS(=O)(=O)C3)cs2)c1OC. The van der Waals surface area contributed by atoms with E-state index in [9.17, 15) is 13.2 Å². The molecule has 3 rings (SSSR count). The number of benzene rings is 1. The average molecular weight is 412 g/mol. The summed E-state index contributed by atoms with van der Waals surface area (Å²) in [5.41, 5.74) is 1.43. The second-order valence-electron chi connectivity index (χ2n) is 6.32. The quantitative estimate of drug-likeness (QED) is 0.647. The number of aromatic nitrogens is 1. The number of hydrogen-bond donors (Lipinski definition) is 0. The summed E-state index contributed by atoms with van der Waals surface area (Å²) < 4.78 is 38.9. The smallest absolute Gasteiger partial charge is 0.306 e. The van der Waals surface area contributed by atoms with Gasteiger partial charge >= 0.3 is 5.97 Å². The van der Waals surface area contributed by atoms with Gasteiger partial charge < -0.3 is 14.2 Å². The fourth-order valence-electron chi connectivity index (χ4n) is 3.03. The lowest BCUT2D eigenvalue weighted by Gasteiger charge is -2.10. The summed E-state index contributed by atoms with van der Waals surface area (Å²) in [7, 11) is 0.155. The molecule has 1 aliphatic heterocycles. The molecular weight excluding hydrogens is 390 g/mol. The van der Waals surface area contributed by atoms with Gasteiger partial charge in [0.25, 0.3) is 0 Å². The van der Waals surface area contributed by atoms with Crippen molar-refractivity contribution < 1.29 is 27.4 Å². The van der Waals surface area contributed by atoms with Crippen molar-refractivity contribution in [1.82, 2.24) is 4.98 Å². The standard InChI is InChI=1S/C18H21NO6S2/c1-23-15-5-3-4-14(17(15)24-2)18-19-13(10-26-18)9-25-16(20)8-12-6-7-27(21,22)11-12/h3-5,10,12H,6-9,11H2,1-2H3. The number of esters is 1. The van der Waals surface area contributed by atoms with Crippen molar-refractivity contribution in [1.29, 1.82) is 0 Å². The van der Waals surface area contributed by atoms with Crippen molar-refractivity contribution in [3.63, 3.8) is 0 Å². The summed E-state index contributed by atoms with van der Waals surface area (Å²) >= 11 is 1.42. The molecule has 0 bridgehead atoms. The van der Waals surface area contributed by atoms with E-state index in [1.807, 2.05) is 23.6 Å². The number of thiazole rings is 1. The molecule has 1 atom stereocenters. The molecule has 7 nitrogen and oxygen atoms in total. The highest BCUT2D eigenvalue weighted by atomic mass is 32.2. The van der Waals surface area contributed by atoms with E-state index in [-0.39, 0.29) is 30.5 Å². The third-order valence-electron chi connectivity index (χ3n) is 4.35. The molecule has 146 valence electrons. The topological polar surface area (TPSA) is 91.8 Å². The van der Waals surface area contributed by atoms with Crippen LogP contribution in [0.2, 0.25) is 0 Å². The molecule has 1 aromatic heterocycles. The summed E-state index contributed by atoms with van der Waals surface area (Å²) in [6, 6.07) is 5.55. The van der Waals surface area contributed by atoms with Crippen molar-refractivity contribution in [2.45, 2.75) is 19.4 Å². The Morgan fingerprint density at radius 3 is 2.78 bits per heavy atom. The Hall–Kier alpha value is -2.13. The van der Waals surface area contributed by atoms with Gasteiger partial charge in [0.1, 0.15) is 11.6 Å². The molecule has 0 radical (unpaired) electrons. The molecule has 27 heavy (non-hydrogen) atoms. The zero-order valence-corrected chi connectivity index (χ0v) is 16.8. The average Bonchev–Trinajstić information content (AvgIpc) is 3.25. The van der Waals surface area contributed by atoms with Gasteiger partial charge in [-0.3, -0.25) is 4.79 Å². The van der Waals surface area contributed by atoms with Gasteiger partial charge in [0, 0.05) is 11.8 Å². The highest BCUT2D eigenvalue weighted by molar-refractivity contribution is 7.91. The van der Waals surface area contributed by atoms with Gasteiger partial charge in [-0.05, 0) is 24.5 Å². The second-order valence-corrected chi connectivity index (χ2v) is 9.41. The predicted octanol–water partition coefficient (Wildman–Crippen LogP) is 2.70. The van der Waals surface area contributed by atoms with Crippen LogP contribution < -0.4 is 9.47 Å². The molecule has 0 saturated carbocycles. The number of hydrogen-bond acceptors (Lipinski definition) is 8. The molecular formula is C18H21NO6S2. The van der Waals surface area contributed by atoms with Gasteiger partial charge in [-0.1, -0.05) is 6.07 Å². The molecule has 1 unspecified atom stereocenters. The summed E-state index contributed by atoms with van der Waals surface area (Å²) in [5.74, 6) is 0.895. The minimum absolute atomic E-state index is 0.0566. The third-order valence-corrected chi connectivity index (χ3v) is 7.11. The van der Waals surface area contributed by atoms with Crippen LogP contribution in [0.4, 0.5) is 0 Å². The number of rotatable bonds is 7. The molecule has 0 aliphatic carbocycles. The Morgan fingerprint density at radius 2 is 2.11 bits per heavy atom. The zero-order valence-electron chi connectivity index (χ0n) is 15.1. The number of sulfone groups is 1. The third kappa shape index (κ3) is 4.78. The Kier molecular flexibility index (Phi) is 6.01. The molecule has 0 N–H and O–H groups in total. The molecule has 2 aromatic rings. The fourth-order valence-corrected chi connectivity index (χ4v) is 5.72. The van der Waals surface area contributed by atoms with Crippen molar-refractivity contribution >= 4 is 27.1 Å². The monoisotopic (exact) mass is 411 g/mol. The van der Waals surface area contributed by atoms with Crippen LogP contribution in [0.1, 0.15) is 18.5 Å². The summed E-state index contributed by atoms with van der Waals surface area (Å²) in [4.78, 5) is 16.5. The molecule has 0 amide bonds. The van der Waals surface area contributed by atoms with E-state index in [4.69, 9.17) is 14.2 Å². The lowest BCUT2D eigenvalue weighted by molar-refractivity contribution is -0.146. The number of ether oxygens (including phenoxy) is 3. The van der Waals surface area contributed by atoms with Gasteiger partial charge in [0.2, 0.25) is 0 Å². The Morgan fingerprint density at radius 1 is 1.30 bits per heavy atom.